The summed E-state index contributed by atoms with van der Waals surface area (Å²) in [7, 11) is 0. The van der Waals surface area contributed by atoms with Crippen molar-refractivity contribution in [3.8, 4) is 0 Å². The number of nitrogens with zero attached hydrogens (tertiary/aromatic N) is 1. The molecular formula is C16H10N2OS. The molecule has 3 nitrogen and oxygen atoms in total. The van der Waals surface area contributed by atoms with Crippen LogP contribution in [0.1, 0.15) is 15.9 Å². The van der Waals surface area contributed by atoms with Gasteiger partial charge in [0.25, 0.3) is 0 Å². The van der Waals surface area contributed by atoms with Gasteiger partial charge in [-0.1, -0.05) is 18.2 Å². The maximum absolute atomic E-state index is 12.8. The topological polar surface area (TPSA) is 45.8 Å². The van der Waals surface area contributed by atoms with Crippen LogP contribution in [0.25, 0.3) is 21.1 Å². The van der Waals surface area contributed by atoms with Gasteiger partial charge in [-0.15, -0.1) is 11.3 Å². The predicted octanol–water partition coefficient (Wildman–Crippen LogP) is 4.01. The fourth-order valence-corrected chi connectivity index (χ4v) is 3.38. The van der Waals surface area contributed by atoms with E-state index in [4.69, 9.17) is 0 Å². The standard InChI is InChI=1S/C16H10N2OS/c19-15(12-8-18-16-11(12)5-3-7-17-16)13-9-20-14-6-2-1-4-10(13)14/h1-9H,(H,17,18). The van der Waals surface area contributed by atoms with Crippen LogP contribution in [0.4, 0.5) is 0 Å². The molecule has 4 heteroatoms. The first-order chi connectivity index (χ1) is 9.84. The van der Waals surface area contributed by atoms with Crippen molar-refractivity contribution in [3.63, 3.8) is 0 Å². The SMILES string of the molecule is O=C(c1c[nH]c2ncccc12)c1csc2ccccc12. The summed E-state index contributed by atoms with van der Waals surface area (Å²) in [6.45, 7) is 0. The number of aromatic amines is 1. The van der Waals surface area contributed by atoms with Crippen molar-refractivity contribution in [1.29, 1.82) is 0 Å². The highest BCUT2D eigenvalue weighted by atomic mass is 32.1. The Morgan fingerprint density at radius 3 is 2.85 bits per heavy atom. The van der Waals surface area contributed by atoms with Crippen molar-refractivity contribution in [3.05, 3.63) is 65.3 Å². The lowest BCUT2D eigenvalue weighted by molar-refractivity contribution is 0.104. The molecular weight excluding hydrogens is 268 g/mol. The van der Waals surface area contributed by atoms with E-state index < -0.39 is 0 Å². The zero-order valence-corrected chi connectivity index (χ0v) is 11.3. The molecule has 0 atom stereocenters. The normalized spacial score (nSPS) is 11.2. The summed E-state index contributed by atoms with van der Waals surface area (Å²) in [6.07, 6.45) is 3.46. The Morgan fingerprint density at radius 2 is 1.90 bits per heavy atom. The van der Waals surface area contributed by atoms with Gasteiger partial charge in [0.15, 0.2) is 5.78 Å². The van der Waals surface area contributed by atoms with Crippen molar-refractivity contribution in [2.45, 2.75) is 0 Å². The smallest absolute Gasteiger partial charge is 0.196 e. The first-order valence-corrected chi connectivity index (χ1v) is 7.15. The molecule has 0 amide bonds. The highest BCUT2D eigenvalue weighted by molar-refractivity contribution is 7.17. The third-order valence-corrected chi connectivity index (χ3v) is 4.38. The summed E-state index contributed by atoms with van der Waals surface area (Å²) in [5, 5.41) is 3.82. The molecule has 0 aliphatic carbocycles. The van der Waals surface area contributed by atoms with Crippen molar-refractivity contribution < 1.29 is 4.79 Å². The number of fused-ring (bicyclic) bond motifs is 2. The zero-order valence-electron chi connectivity index (χ0n) is 10.5. The Labute approximate surface area is 118 Å². The van der Waals surface area contributed by atoms with Gasteiger partial charge in [0.1, 0.15) is 5.65 Å². The second-order valence-electron chi connectivity index (χ2n) is 4.58. The van der Waals surface area contributed by atoms with Gasteiger partial charge in [0.05, 0.1) is 0 Å². The van der Waals surface area contributed by atoms with Crippen LogP contribution in [-0.4, -0.2) is 15.8 Å². The van der Waals surface area contributed by atoms with Crippen molar-refractivity contribution >= 4 is 38.2 Å². The van der Waals surface area contributed by atoms with Gasteiger partial charge in [0, 0.05) is 44.4 Å². The van der Waals surface area contributed by atoms with Crippen LogP contribution in [0.3, 0.4) is 0 Å². The van der Waals surface area contributed by atoms with Crippen LogP contribution in [0.5, 0.6) is 0 Å². The molecule has 0 saturated carbocycles. The Hall–Kier alpha value is -2.46. The first-order valence-electron chi connectivity index (χ1n) is 6.27. The van der Waals surface area contributed by atoms with E-state index in [2.05, 4.69) is 9.97 Å². The fourth-order valence-electron chi connectivity index (χ4n) is 2.44. The molecule has 1 aromatic carbocycles. The Bertz CT molecular complexity index is 860. The lowest BCUT2D eigenvalue weighted by Crippen LogP contribution is -1.99. The highest BCUT2D eigenvalue weighted by Crippen LogP contribution is 2.29. The Balaban J connectivity index is 1.92. The molecule has 0 radical (unpaired) electrons. The summed E-state index contributed by atoms with van der Waals surface area (Å²) in [5.41, 5.74) is 2.18. The summed E-state index contributed by atoms with van der Waals surface area (Å²) in [6, 6.07) is 11.7. The number of thiophene rings is 1. The van der Waals surface area contributed by atoms with Gasteiger partial charge >= 0.3 is 0 Å². The minimum Gasteiger partial charge on any atom is -0.345 e. The number of benzene rings is 1. The third kappa shape index (κ3) is 1.58. The molecule has 3 aromatic heterocycles. The van der Waals surface area contributed by atoms with E-state index in [1.807, 2.05) is 41.8 Å². The lowest BCUT2D eigenvalue weighted by atomic mass is 10.0. The van der Waals surface area contributed by atoms with Crippen LogP contribution in [-0.2, 0) is 0 Å². The number of carbonyl (C=O) groups excluding carboxylic acids is 1. The molecule has 4 aromatic rings. The molecule has 20 heavy (non-hydrogen) atoms. The van der Waals surface area contributed by atoms with Crippen molar-refractivity contribution in [2.75, 3.05) is 0 Å². The van der Waals surface area contributed by atoms with E-state index in [0.717, 1.165) is 26.7 Å². The molecule has 96 valence electrons. The van der Waals surface area contributed by atoms with Gasteiger partial charge in [-0.05, 0) is 18.2 Å². The second-order valence-corrected chi connectivity index (χ2v) is 5.49. The van der Waals surface area contributed by atoms with E-state index in [9.17, 15) is 4.79 Å². The number of aromatic nitrogens is 2. The summed E-state index contributed by atoms with van der Waals surface area (Å²) >= 11 is 1.60. The highest BCUT2D eigenvalue weighted by Gasteiger charge is 2.17. The molecule has 3 heterocycles. The molecule has 0 aliphatic rings. The van der Waals surface area contributed by atoms with Gasteiger partial charge < -0.3 is 4.98 Å². The number of hydrogen-bond donors (Lipinski definition) is 1. The van der Waals surface area contributed by atoms with Gasteiger partial charge in [-0.25, -0.2) is 4.98 Å². The van der Waals surface area contributed by atoms with E-state index >= 15 is 0 Å². The zero-order chi connectivity index (χ0) is 13.5. The second kappa shape index (κ2) is 4.28. The molecule has 0 unspecified atom stereocenters. The Morgan fingerprint density at radius 1 is 1.05 bits per heavy atom. The molecule has 0 saturated heterocycles. The van der Waals surface area contributed by atoms with Gasteiger partial charge in [-0.3, -0.25) is 4.79 Å². The van der Waals surface area contributed by atoms with Crippen molar-refractivity contribution in [1.82, 2.24) is 9.97 Å². The quantitative estimate of drug-likeness (QED) is 0.563. The molecule has 0 spiro atoms. The van der Waals surface area contributed by atoms with Crippen LogP contribution in [0.15, 0.2) is 54.2 Å². The van der Waals surface area contributed by atoms with Crippen LogP contribution < -0.4 is 0 Å². The number of nitrogens with one attached hydrogen (secondary N) is 1. The lowest BCUT2D eigenvalue weighted by Gasteiger charge is -1.98. The minimum atomic E-state index is 0.0432. The first kappa shape index (κ1) is 11.4. The third-order valence-electron chi connectivity index (χ3n) is 3.42. The van der Waals surface area contributed by atoms with E-state index in [0.29, 0.717) is 5.56 Å². The summed E-state index contributed by atoms with van der Waals surface area (Å²) in [4.78, 5) is 20.0. The van der Waals surface area contributed by atoms with Gasteiger partial charge in [-0.2, -0.15) is 0 Å². The number of pyridine rings is 1. The van der Waals surface area contributed by atoms with E-state index in [1.54, 1.807) is 23.7 Å². The van der Waals surface area contributed by atoms with Crippen LogP contribution >= 0.6 is 11.3 Å². The Kier molecular flexibility index (Phi) is 2.44. The minimum absolute atomic E-state index is 0.0432. The summed E-state index contributed by atoms with van der Waals surface area (Å²) in [5.74, 6) is 0.0432. The number of hydrogen-bond acceptors (Lipinski definition) is 3. The molecule has 4 rings (SSSR count). The molecule has 0 bridgehead atoms. The fraction of sp³-hybridized carbons (Fsp3) is 0. The van der Waals surface area contributed by atoms with E-state index in [1.165, 1.54) is 0 Å². The van der Waals surface area contributed by atoms with Gasteiger partial charge in [0.2, 0.25) is 0 Å². The van der Waals surface area contributed by atoms with Crippen molar-refractivity contribution in [2.24, 2.45) is 0 Å². The largest absolute Gasteiger partial charge is 0.345 e. The maximum atomic E-state index is 12.8. The molecule has 1 N–H and O–H groups in total. The monoisotopic (exact) mass is 278 g/mol. The van der Waals surface area contributed by atoms with Crippen LogP contribution in [0, 0.1) is 0 Å². The van der Waals surface area contributed by atoms with Crippen LogP contribution in [0.2, 0.25) is 0 Å². The number of rotatable bonds is 2. The predicted molar refractivity (Wildman–Crippen MR) is 81.4 cm³/mol. The average molecular weight is 278 g/mol. The summed E-state index contributed by atoms with van der Waals surface area (Å²) < 4.78 is 1.13. The molecule has 0 aliphatic heterocycles. The number of ketones is 1. The number of H-pyrrole nitrogens is 1. The number of carbonyl (C=O) groups is 1. The average Bonchev–Trinajstić information content (AvgIpc) is 3.11. The molecule has 0 fully saturated rings. The van der Waals surface area contributed by atoms with E-state index in [-0.39, 0.29) is 5.78 Å². The maximum Gasteiger partial charge on any atom is 0.196 e.